The van der Waals surface area contributed by atoms with E-state index in [-0.39, 0.29) is 11.7 Å². The van der Waals surface area contributed by atoms with E-state index in [2.05, 4.69) is 16.9 Å². The molecule has 3 nitrogen and oxygen atoms in total. The molecule has 1 rings (SSSR count). The molecule has 1 unspecified atom stereocenters. The Kier molecular flexibility index (Phi) is 3.55. The molecule has 13 heavy (non-hydrogen) atoms. The molecule has 1 heterocycles. The number of aromatic nitrogens is 2. The van der Waals surface area contributed by atoms with Gasteiger partial charge in [0.1, 0.15) is 12.0 Å². The number of ketones is 1. The highest BCUT2D eigenvalue weighted by molar-refractivity contribution is 5.95. The lowest BCUT2D eigenvalue weighted by Gasteiger charge is -2.06. The summed E-state index contributed by atoms with van der Waals surface area (Å²) in [6.45, 7) is 4.01. The summed E-state index contributed by atoms with van der Waals surface area (Å²) in [6.07, 6.45) is 4.95. The number of hydrogen-bond acceptors (Lipinski definition) is 3. The molecule has 0 fully saturated rings. The second kappa shape index (κ2) is 4.70. The van der Waals surface area contributed by atoms with Gasteiger partial charge in [-0.2, -0.15) is 0 Å². The molecule has 3 heteroatoms. The van der Waals surface area contributed by atoms with Crippen LogP contribution in [0.1, 0.15) is 37.2 Å². The highest BCUT2D eigenvalue weighted by Crippen LogP contribution is 2.10. The van der Waals surface area contributed by atoms with Gasteiger partial charge in [0.05, 0.1) is 0 Å². The van der Waals surface area contributed by atoms with Crippen LogP contribution in [0.3, 0.4) is 0 Å². The number of carbonyl (C=O) groups is 1. The van der Waals surface area contributed by atoms with Crippen LogP contribution < -0.4 is 0 Å². The first-order valence-corrected chi connectivity index (χ1v) is 4.56. The number of hydrogen-bond donors (Lipinski definition) is 0. The maximum atomic E-state index is 11.6. The average molecular weight is 178 g/mol. The molecule has 0 aromatic carbocycles. The molecular weight excluding hydrogens is 164 g/mol. The van der Waals surface area contributed by atoms with E-state index < -0.39 is 0 Å². The Balaban J connectivity index is 2.68. The fourth-order valence-electron chi connectivity index (χ4n) is 1.25. The Bertz CT molecular complexity index is 272. The molecule has 0 bridgehead atoms. The minimum atomic E-state index is 0.0694. The quantitative estimate of drug-likeness (QED) is 0.663. The third kappa shape index (κ3) is 2.61. The molecule has 0 saturated heterocycles. The Morgan fingerprint density at radius 2 is 2.38 bits per heavy atom. The van der Waals surface area contributed by atoms with Crippen LogP contribution in [0, 0.1) is 5.92 Å². The highest BCUT2D eigenvalue weighted by Gasteiger charge is 2.14. The van der Waals surface area contributed by atoms with Crippen LogP contribution in [0.2, 0.25) is 0 Å². The van der Waals surface area contributed by atoms with Crippen molar-refractivity contribution in [2.24, 2.45) is 5.92 Å². The topological polar surface area (TPSA) is 42.9 Å². The lowest BCUT2D eigenvalue weighted by atomic mass is 9.99. The molecule has 0 spiro atoms. The van der Waals surface area contributed by atoms with Gasteiger partial charge in [-0.05, 0) is 12.5 Å². The van der Waals surface area contributed by atoms with Gasteiger partial charge in [0.25, 0.3) is 0 Å². The summed E-state index contributed by atoms with van der Waals surface area (Å²) in [5, 5.41) is 0. The third-order valence-corrected chi connectivity index (χ3v) is 2.00. The molecule has 0 aliphatic rings. The molecule has 0 aliphatic carbocycles. The van der Waals surface area contributed by atoms with Gasteiger partial charge in [-0.15, -0.1) is 0 Å². The molecule has 1 aromatic rings. The fourth-order valence-corrected chi connectivity index (χ4v) is 1.25. The van der Waals surface area contributed by atoms with Gasteiger partial charge in [0.15, 0.2) is 5.78 Å². The maximum Gasteiger partial charge on any atom is 0.184 e. The van der Waals surface area contributed by atoms with E-state index in [1.54, 1.807) is 12.3 Å². The Morgan fingerprint density at radius 3 is 2.92 bits per heavy atom. The third-order valence-electron chi connectivity index (χ3n) is 2.00. The lowest BCUT2D eigenvalue weighted by Crippen LogP contribution is -2.12. The van der Waals surface area contributed by atoms with E-state index in [1.807, 2.05) is 6.92 Å². The van der Waals surface area contributed by atoms with Crippen molar-refractivity contribution < 1.29 is 4.79 Å². The van der Waals surface area contributed by atoms with Crippen molar-refractivity contribution in [1.82, 2.24) is 9.97 Å². The molecule has 0 amide bonds. The van der Waals surface area contributed by atoms with E-state index in [1.165, 1.54) is 6.33 Å². The van der Waals surface area contributed by atoms with Crippen molar-refractivity contribution in [2.45, 2.75) is 26.7 Å². The van der Waals surface area contributed by atoms with Gasteiger partial charge < -0.3 is 0 Å². The second-order valence-electron chi connectivity index (χ2n) is 3.15. The largest absolute Gasteiger partial charge is 0.292 e. The number of Topliss-reactive ketones (excluding diaryl/α,β-unsaturated/α-hetero) is 1. The Hall–Kier alpha value is -1.25. The van der Waals surface area contributed by atoms with Crippen LogP contribution >= 0.6 is 0 Å². The van der Waals surface area contributed by atoms with Gasteiger partial charge in [-0.3, -0.25) is 4.79 Å². The summed E-state index contributed by atoms with van der Waals surface area (Å²) in [6, 6.07) is 1.66. The molecule has 0 saturated carbocycles. The average Bonchev–Trinajstić information content (AvgIpc) is 2.18. The zero-order chi connectivity index (χ0) is 9.68. The summed E-state index contributed by atoms with van der Waals surface area (Å²) in [5.74, 6) is 0.184. The van der Waals surface area contributed by atoms with Crippen molar-refractivity contribution >= 4 is 5.78 Å². The minimum absolute atomic E-state index is 0.0694. The fraction of sp³-hybridized carbons (Fsp3) is 0.500. The van der Waals surface area contributed by atoms with Crippen LogP contribution in [0.5, 0.6) is 0 Å². The zero-order valence-electron chi connectivity index (χ0n) is 8.03. The van der Waals surface area contributed by atoms with Crippen LogP contribution in [-0.4, -0.2) is 15.8 Å². The van der Waals surface area contributed by atoms with E-state index in [0.29, 0.717) is 5.69 Å². The predicted octanol–water partition coefficient (Wildman–Crippen LogP) is 2.10. The maximum absolute atomic E-state index is 11.6. The summed E-state index contributed by atoms with van der Waals surface area (Å²) >= 11 is 0. The van der Waals surface area contributed by atoms with Crippen molar-refractivity contribution in [1.29, 1.82) is 0 Å². The van der Waals surface area contributed by atoms with E-state index in [9.17, 15) is 4.79 Å². The van der Waals surface area contributed by atoms with Gasteiger partial charge in [0, 0.05) is 12.1 Å². The van der Waals surface area contributed by atoms with Crippen LogP contribution in [0.15, 0.2) is 18.6 Å². The number of rotatable bonds is 4. The summed E-state index contributed by atoms with van der Waals surface area (Å²) in [7, 11) is 0. The lowest BCUT2D eigenvalue weighted by molar-refractivity contribution is 0.0918. The predicted molar refractivity (Wildman–Crippen MR) is 50.4 cm³/mol. The molecule has 0 radical (unpaired) electrons. The highest BCUT2D eigenvalue weighted by atomic mass is 16.1. The Labute approximate surface area is 78.2 Å². The van der Waals surface area contributed by atoms with Gasteiger partial charge in [0.2, 0.25) is 0 Å². The second-order valence-corrected chi connectivity index (χ2v) is 3.15. The van der Waals surface area contributed by atoms with E-state index in [0.717, 1.165) is 12.8 Å². The minimum Gasteiger partial charge on any atom is -0.292 e. The standard InChI is InChI=1S/C10H14N2O/c1-3-4-8(2)10(13)9-5-6-11-7-12-9/h5-8H,3-4H2,1-2H3. The van der Waals surface area contributed by atoms with Crippen LogP contribution in [-0.2, 0) is 0 Å². The van der Waals surface area contributed by atoms with Crippen LogP contribution in [0.25, 0.3) is 0 Å². The van der Waals surface area contributed by atoms with Crippen molar-refractivity contribution in [3.8, 4) is 0 Å². The van der Waals surface area contributed by atoms with E-state index in [4.69, 9.17) is 0 Å². The first kappa shape index (κ1) is 9.84. The summed E-state index contributed by atoms with van der Waals surface area (Å²) in [4.78, 5) is 19.3. The van der Waals surface area contributed by atoms with Crippen molar-refractivity contribution in [3.63, 3.8) is 0 Å². The summed E-state index contributed by atoms with van der Waals surface area (Å²) in [5.41, 5.74) is 0.524. The first-order chi connectivity index (χ1) is 6.25. The summed E-state index contributed by atoms with van der Waals surface area (Å²) < 4.78 is 0. The molecule has 1 atom stereocenters. The van der Waals surface area contributed by atoms with E-state index >= 15 is 0 Å². The Morgan fingerprint density at radius 1 is 1.62 bits per heavy atom. The van der Waals surface area contributed by atoms with Gasteiger partial charge >= 0.3 is 0 Å². The van der Waals surface area contributed by atoms with Crippen molar-refractivity contribution in [3.05, 3.63) is 24.3 Å². The number of carbonyl (C=O) groups excluding carboxylic acids is 1. The smallest absolute Gasteiger partial charge is 0.184 e. The zero-order valence-corrected chi connectivity index (χ0v) is 8.03. The molecule has 1 aromatic heterocycles. The SMILES string of the molecule is CCCC(C)C(=O)c1ccncn1. The normalized spacial score (nSPS) is 12.5. The molecule has 0 aliphatic heterocycles. The monoisotopic (exact) mass is 178 g/mol. The molecule has 70 valence electrons. The van der Waals surface area contributed by atoms with Gasteiger partial charge in [-0.1, -0.05) is 20.3 Å². The van der Waals surface area contributed by atoms with Gasteiger partial charge in [-0.25, -0.2) is 9.97 Å². The molecule has 0 N–H and O–H groups in total. The van der Waals surface area contributed by atoms with Crippen LogP contribution in [0.4, 0.5) is 0 Å². The van der Waals surface area contributed by atoms with Crippen molar-refractivity contribution in [2.75, 3.05) is 0 Å². The number of nitrogens with zero attached hydrogens (tertiary/aromatic N) is 2. The first-order valence-electron chi connectivity index (χ1n) is 4.56. The molecular formula is C10H14N2O.